The summed E-state index contributed by atoms with van der Waals surface area (Å²) in [5.41, 5.74) is 7.70. The molecule has 0 bridgehead atoms. The van der Waals surface area contributed by atoms with Crippen LogP contribution in [0.2, 0.25) is 0 Å². The standard InChI is InChI=1S/C17H22N4O4.ClH/c18-6-8-25-9-7-19-13-3-1-2-11-12(13)10-21(17(11)24)14-4-5-15(22)20-16(14)23;/h1-3,14,19H,4-10,18H2,(H,20,22,23);1H. The van der Waals surface area contributed by atoms with Crippen LogP contribution in [0.15, 0.2) is 18.2 Å². The van der Waals surface area contributed by atoms with Crippen LogP contribution >= 0.6 is 12.4 Å². The van der Waals surface area contributed by atoms with E-state index in [1.54, 1.807) is 11.0 Å². The van der Waals surface area contributed by atoms with Gasteiger partial charge < -0.3 is 20.7 Å². The van der Waals surface area contributed by atoms with Crippen LogP contribution in [0.3, 0.4) is 0 Å². The molecule has 0 aliphatic carbocycles. The van der Waals surface area contributed by atoms with E-state index in [1.807, 2.05) is 12.1 Å². The molecule has 3 rings (SSSR count). The first kappa shape index (κ1) is 20.2. The summed E-state index contributed by atoms with van der Waals surface area (Å²) in [6.07, 6.45) is 0.611. The lowest BCUT2D eigenvalue weighted by Crippen LogP contribution is -2.52. The second kappa shape index (κ2) is 8.98. The second-order valence-corrected chi connectivity index (χ2v) is 6.06. The highest BCUT2D eigenvalue weighted by Gasteiger charge is 2.39. The molecule has 2 aliphatic rings. The number of anilines is 1. The minimum Gasteiger partial charge on any atom is -0.382 e. The van der Waals surface area contributed by atoms with Crippen molar-refractivity contribution >= 4 is 35.8 Å². The lowest BCUT2D eigenvalue weighted by atomic mass is 10.0. The summed E-state index contributed by atoms with van der Waals surface area (Å²) < 4.78 is 5.34. The number of piperidine rings is 1. The Morgan fingerprint density at radius 1 is 1.27 bits per heavy atom. The average molecular weight is 383 g/mol. The van der Waals surface area contributed by atoms with E-state index < -0.39 is 11.9 Å². The van der Waals surface area contributed by atoms with Crippen molar-refractivity contribution in [1.29, 1.82) is 0 Å². The van der Waals surface area contributed by atoms with Gasteiger partial charge in [0, 0.05) is 42.9 Å². The van der Waals surface area contributed by atoms with E-state index in [2.05, 4.69) is 10.6 Å². The molecule has 26 heavy (non-hydrogen) atoms. The first-order chi connectivity index (χ1) is 12.1. The van der Waals surface area contributed by atoms with Gasteiger partial charge in [0.1, 0.15) is 6.04 Å². The van der Waals surface area contributed by atoms with Gasteiger partial charge in [0.2, 0.25) is 11.8 Å². The maximum Gasteiger partial charge on any atom is 0.255 e. The Morgan fingerprint density at radius 2 is 2.08 bits per heavy atom. The number of amides is 3. The van der Waals surface area contributed by atoms with E-state index in [9.17, 15) is 14.4 Å². The summed E-state index contributed by atoms with van der Waals surface area (Å²) in [6, 6.07) is 4.88. The minimum atomic E-state index is -0.599. The number of rotatable bonds is 7. The summed E-state index contributed by atoms with van der Waals surface area (Å²) in [5, 5.41) is 5.57. The van der Waals surface area contributed by atoms with Gasteiger partial charge in [-0.2, -0.15) is 0 Å². The smallest absolute Gasteiger partial charge is 0.255 e. The molecule has 9 heteroatoms. The van der Waals surface area contributed by atoms with Crippen LogP contribution in [0.5, 0.6) is 0 Å². The molecule has 1 unspecified atom stereocenters. The Balaban J connectivity index is 0.00000243. The number of nitrogens with zero attached hydrogens (tertiary/aromatic N) is 1. The fourth-order valence-corrected chi connectivity index (χ4v) is 3.19. The molecule has 142 valence electrons. The van der Waals surface area contributed by atoms with Crippen molar-refractivity contribution in [1.82, 2.24) is 10.2 Å². The number of carbonyl (C=O) groups is 3. The Bertz CT molecular complexity index is 697. The molecule has 2 aliphatic heterocycles. The maximum absolute atomic E-state index is 12.7. The van der Waals surface area contributed by atoms with Crippen molar-refractivity contribution in [3.05, 3.63) is 29.3 Å². The second-order valence-electron chi connectivity index (χ2n) is 6.06. The Kier molecular flexibility index (Phi) is 6.96. The van der Waals surface area contributed by atoms with Gasteiger partial charge in [-0.1, -0.05) is 6.07 Å². The minimum absolute atomic E-state index is 0. The van der Waals surface area contributed by atoms with Crippen LogP contribution in [0, 0.1) is 0 Å². The summed E-state index contributed by atoms with van der Waals surface area (Å²) in [4.78, 5) is 37.6. The third-order valence-corrected chi connectivity index (χ3v) is 4.41. The number of halogens is 1. The van der Waals surface area contributed by atoms with Crippen LogP contribution in [0.25, 0.3) is 0 Å². The maximum atomic E-state index is 12.7. The molecule has 1 aromatic rings. The molecule has 1 saturated heterocycles. The topological polar surface area (TPSA) is 114 Å². The van der Waals surface area contributed by atoms with Crippen molar-refractivity contribution in [2.75, 3.05) is 31.6 Å². The van der Waals surface area contributed by atoms with Crippen LogP contribution in [-0.4, -0.2) is 55.0 Å². The van der Waals surface area contributed by atoms with Crippen molar-refractivity contribution < 1.29 is 19.1 Å². The normalized spacial score (nSPS) is 19.0. The molecule has 0 saturated carbocycles. The SMILES string of the molecule is Cl.NCCOCCNc1cccc2c1CN(C1CCC(=O)NC1=O)C2=O. The Morgan fingerprint density at radius 3 is 2.81 bits per heavy atom. The van der Waals surface area contributed by atoms with Gasteiger partial charge in [-0.25, -0.2) is 0 Å². The molecule has 1 fully saturated rings. The molecule has 8 nitrogen and oxygen atoms in total. The number of benzene rings is 1. The van der Waals surface area contributed by atoms with Gasteiger partial charge in [-0.3, -0.25) is 19.7 Å². The monoisotopic (exact) mass is 382 g/mol. The average Bonchev–Trinajstić information content (AvgIpc) is 2.92. The van der Waals surface area contributed by atoms with Crippen molar-refractivity contribution in [2.24, 2.45) is 5.73 Å². The van der Waals surface area contributed by atoms with Gasteiger partial charge in [0.25, 0.3) is 5.91 Å². The molecule has 1 atom stereocenters. The lowest BCUT2D eigenvalue weighted by molar-refractivity contribution is -0.136. The predicted octanol–water partition coefficient (Wildman–Crippen LogP) is 0.257. The molecule has 2 heterocycles. The zero-order valence-corrected chi connectivity index (χ0v) is 15.1. The zero-order chi connectivity index (χ0) is 17.8. The number of carbonyl (C=O) groups excluding carboxylic acids is 3. The van der Waals surface area contributed by atoms with E-state index in [-0.39, 0.29) is 30.6 Å². The third kappa shape index (κ3) is 4.14. The van der Waals surface area contributed by atoms with Gasteiger partial charge in [0.05, 0.1) is 13.2 Å². The highest BCUT2D eigenvalue weighted by molar-refractivity contribution is 6.06. The lowest BCUT2D eigenvalue weighted by Gasteiger charge is -2.29. The summed E-state index contributed by atoms with van der Waals surface area (Å²) in [5.74, 6) is -0.861. The van der Waals surface area contributed by atoms with Crippen LogP contribution in [0.1, 0.15) is 28.8 Å². The summed E-state index contributed by atoms with van der Waals surface area (Å²) in [6.45, 7) is 2.47. The van der Waals surface area contributed by atoms with E-state index in [1.165, 1.54) is 0 Å². The fourth-order valence-electron chi connectivity index (χ4n) is 3.19. The molecular formula is C17H23ClN4O4. The summed E-state index contributed by atoms with van der Waals surface area (Å²) in [7, 11) is 0. The van der Waals surface area contributed by atoms with Crippen LogP contribution in [-0.2, 0) is 20.9 Å². The Hall–Kier alpha value is -2.16. The van der Waals surface area contributed by atoms with Crippen molar-refractivity contribution in [3.8, 4) is 0 Å². The third-order valence-electron chi connectivity index (χ3n) is 4.41. The number of ether oxygens (including phenoxy) is 1. The molecule has 0 aromatic heterocycles. The quantitative estimate of drug-likeness (QED) is 0.460. The molecule has 0 radical (unpaired) electrons. The van der Waals surface area contributed by atoms with Gasteiger partial charge in [-0.15, -0.1) is 12.4 Å². The van der Waals surface area contributed by atoms with Crippen LogP contribution < -0.4 is 16.4 Å². The fraction of sp³-hybridized carbons (Fsp3) is 0.471. The van der Waals surface area contributed by atoms with Gasteiger partial charge in [0.15, 0.2) is 0 Å². The number of hydrogen-bond acceptors (Lipinski definition) is 6. The van der Waals surface area contributed by atoms with Crippen LogP contribution in [0.4, 0.5) is 5.69 Å². The van der Waals surface area contributed by atoms with Gasteiger partial charge >= 0.3 is 0 Å². The van der Waals surface area contributed by atoms with E-state index in [0.717, 1.165) is 11.3 Å². The molecule has 3 amide bonds. The molecule has 0 spiro atoms. The number of hydrogen-bond donors (Lipinski definition) is 3. The largest absolute Gasteiger partial charge is 0.382 e. The molecule has 4 N–H and O–H groups in total. The number of fused-ring (bicyclic) bond motifs is 1. The van der Waals surface area contributed by atoms with Crippen molar-refractivity contribution in [3.63, 3.8) is 0 Å². The highest BCUT2D eigenvalue weighted by Crippen LogP contribution is 2.32. The Labute approximate surface area is 157 Å². The predicted molar refractivity (Wildman–Crippen MR) is 98.1 cm³/mol. The van der Waals surface area contributed by atoms with E-state index in [4.69, 9.17) is 10.5 Å². The van der Waals surface area contributed by atoms with E-state index >= 15 is 0 Å². The zero-order valence-electron chi connectivity index (χ0n) is 14.3. The highest BCUT2D eigenvalue weighted by atomic mass is 35.5. The van der Waals surface area contributed by atoms with Gasteiger partial charge in [-0.05, 0) is 18.6 Å². The van der Waals surface area contributed by atoms with Crippen molar-refractivity contribution in [2.45, 2.75) is 25.4 Å². The first-order valence-corrected chi connectivity index (χ1v) is 8.40. The van der Waals surface area contributed by atoms with E-state index in [0.29, 0.717) is 44.8 Å². The number of nitrogens with two attached hydrogens (primary N) is 1. The number of imide groups is 1. The summed E-state index contributed by atoms with van der Waals surface area (Å²) >= 11 is 0. The molecule has 1 aromatic carbocycles. The number of nitrogens with one attached hydrogen (secondary N) is 2. The molecular weight excluding hydrogens is 360 g/mol. The first-order valence-electron chi connectivity index (χ1n) is 8.40.